The monoisotopic (exact) mass is 314 g/mol. The first-order chi connectivity index (χ1) is 9.93. The van der Waals surface area contributed by atoms with E-state index in [1.807, 2.05) is 4.68 Å². The van der Waals surface area contributed by atoms with E-state index in [2.05, 4.69) is 48.3 Å². The molecule has 1 aromatic heterocycles. The Kier molecular flexibility index (Phi) is 5.62. The molecule has 120 valence electrons. The van der Waals surface area contributed by atoms with Crippen LogP contribution in [-0.4, -0.2) is 59.4 Å². The number of piperazine rings is 1. The van der Waals surface area contributed by atoms with Gasteiger partial charge in [0.15, 0.2) is 0 Å². The molecule has 0 radical (unpaired) electrons. The first-order valence-corrected chi connectivity index (χ1v) is 7.89. The molecule has 21 heavy (non-hydrogen) atoms. The largest absolute Gasteiger partial charge is 0.304 e. The third-order valence-corrected chi connectivity index (χ3v) is 4.59. The number of rotatable bonds is 5. The smallest absolute Gasteiger partial charge is 0.0834 e. The van der Waals surface area contributed by atoms with Crippen LogP contribution in [0, 0.1) is 0 Å². The van der Waals surface area contributed by atoms with E-state index in [-0.39, 0.29) is 12.1 Å². The third kappa shape index (κ3) is 3.76. The van der Waals surface area contributed by atoms with Gasteiger partial charge in [0.05, 0.1) is 23.0 Å². The molecule has 2 heterocycles. The first-order valence-electron chi connectivity index (χ1n) is 7.51. The highest BCUT2D eigenvalue weighted by molar-refractivity contribution is 6.31. The Morgan fingerprint density at radius 2 is 2.14 bits per heavy atom. The number of likely N-dealkylation sites (N-methyl/N-ethyl adjacent to an activating group) is 2. The minimum Gasteiger partial charge on any atom is -0.304 e. The van der Waals surface area contributed by atoms with Gasteiger partial charge in [-0.15, -0.1) is 0 Å². The highest BCUT2D eigenvalue weighted by Crippen LogP contribution is 2.29. The highest BCUT2D eigenvalue weighted by Gasteiger charge is 2.28. The Balaban J connectivity index is 2.18. The average molecular weight is 315 g/mol. The highest BCUT2D eigenvalue weighted by atomic mass is 35.5. The van der Waals surface area contributed by atoms with Crippen molar-refractivity contribution < 1.29 is 0 Å². The standard InChI is InChI=1S/C14H27ClN6/c1-10(2)21-14(12(15)8-17-21)13(18-16)7-11-9-19(3)5-6-20(11)4/h8,10-11,13,18H,5-7,9,16H2,1-4H3. The van der Waals surface area contributed by atoms with Crippen molar-refractivity contribution in [3.05, 3.63) is 16.9 Å². The third-order valence-electron chi connectivity index (χ3n) is 4.30. The Labute approximate surface area is 132 Å². The summed E-state index contributed by atoms with van der Waals surface area (Å²) in [5.74, 6) is 5.82. The topological polar surface area (TPSA) is 62.4 Å². The van der Waals surface area contributed by atoms with E-state index in [0.717, 1.165) is 31.7 Å². The lowest BCUT2D eigenvalue weighted by Gasteiger charge is -2.39. The van der Waals surface area contributed by atoms with Crippen LogP contribution in [0.3, 0.4) is 0 Å². The molecule has 0 saturated carbocycles. The lowest BCUT2D eigenvalue weighted by atomic mass is 10.0. The van der Waals surface area contributed by atoms with Gasteiger partial charge in [0.2, 0.25) is 0 Å². The van der Waals surface area contributed by atoms with Crippen molar-refractivity contribution in [1.82, 2.24) is 25.0 Å². The first kappa shape index (κ1) is 16.7. The predicted octanol–water partition coefficient (Wildman–Crippen LogP) is 1.26. The second-order valence-corrected chi connectivity index (χ2v) is 6.67. The van der Waals surface area contributed by atoms with Crippen LogP contribution < -0.4 is 11.3 Å². The van der Waals surface area contributed by atoms with Crippen LogP contribution in [-0.2, 0) is 0 Å². The number of hydrogen-bond acceptors (Lipinski definition) is 5. The van der Waals surface area contributed by atoms with Gasteiger partial charge in [-0.2, -0.15) is 5.10 Å². The van der Waals surface area contributed by atoms with E-state index in [1.165, 1.54) is 0 Å². The summed E-state index contributed by atoms with van der Waals surface area (Å²) in [6.07, 6.45) is 2.62. The number of nitrogens with zero attached hydrogens (tertiary/aromatic N) is 4. The van der Waals surface area contributed by atoms with Crippen LogP contribution >= 0.6 is 11.6 Å². The van der Waals surface area contributed by atoms with Crippen LogP contribution in [0.25, 0.3) is 0 Å². The van der Waals surface area contributed by atoms with E-state index >= 15 is 0 Å². The van der Waals surface area contributed by atoms with Gasteiger partial charge in [-0.05, 0) is 34.4 Å². The molecule has 0 spiro atoms. The number of nitrogens with two attached hydrogens (primary N) is 1. The molecule has 2 atom stereocenters. The molecule has 7 heteroatoms. The fourth-order valence-corrected chi connectivity index (χ4v) is 3.24. The zero-order valence-electron chi connectivity index (χ0n) is 13.4. The maximum atomic E-state index is 6.34. The number of hydrogen-bond donors (Lipinski definition) is 2. The second-order valence-electron chi connectivity index (χ2n) is 6.27. The summed E-state index contributed by atoms with van der Waals surface area (Å²) < 4.78 is 1.96. The van der Waals surface area contributed by atoms with Gasteiger partial charge in [-0.1, -0.05) is 11.6 Å². The van der Waals surface area contributed by atoms with Gasteiger partial charge in [-0.25, -0.2) is 0 Å². The normalized spacial score (nSPS) is 22.9. The maximum absolute atomic E-state index is 6.34. The Morgan fingerprint density at radius 1 is 1.43 bits per heavy atom. The molecule has 2 unspecified atom stereocenters. The summed E-state index contributed by atoms with van der Waals surface area (Å²) in [6.45, 7) is 7.43. The van der Waals surface area contributed by atoms with Gasteiger partial charge in [0, 0.05) is 31.7 Å². The van der Waals surface area contributed by atoms with Crippen molar-refractivity contribution in [2.45, 2.75) is 38.4 Å². The number of aromatic nitrogens is 2. The predicted molar refractivity (Wildman–Crippen MR) is 86.2 cm³/mol. The van der Waals surface area contributed by atoms with E-state index in [9.17, 15) is 0 Å². The average Bonchev–Trinajstić information content (AvgIpc) is 2.82. The van der Waals surface area contributed by atoms with Crippen LogP contribution in [0.15, 0.2) is 6.20 Å². The zero-order valence-corrected chi connectivity index (χ0v) is 14.1. The van der Waals surface area contributed by atoms with Crippen LogP contribution in [0.2, 0.25) is 5.02 Å². The molecule has 1 aliphatic rings. The molecule has 1 aromatic rings. The van der Waals surface area contributed by atoms with Crippen molar-refractivity contribution in [3.8, 4) is 0 Å². The molecule has 1 aliphatic heterocycles. The number of nitrogens with one attached hydrogen (secondary N) is 1. The molecule has 0 aromatic carbocycles. The van der Waals surface area contributed by atoms with Crippen molar-refractivity contribution in [2.75, 3.05) is 33.7 Å². The fourth-order valence-electron chi connectivity index (χ4n) is 2.97. The van der Waals surface area contributed by atoms with E-state index < -0.39 is 0 Å². The van der Waals surface area contributed by atoms with Crippen molar-refractivity contribution >= 4 is 11.6 Å². The van der Waals surface area contributed by atoms with Crippen LogP contribution in [0.1, 0.15) is 38.0 Å². The second kappa shape index (κ2) is 7.07. The molecule has 0 bridgehead atoms. The summed E-state index contributed by atoms with van der Waals surface area (Å²) in [5, 5.41) is 5.06. The van der Waals surface area contributed by atoms with Crippen molar-refractivity contribution in [1.29, 1.82) is 0 Å². The minimum atomic E-state index is 0.00125. The SMILES string of the molecule is CC(C)n1ncc(Cl)c1C(CC1CN(C)CCN1C)NN. The van der Waals surface area contributed by atoms with Gasteiger partial charge in [0.25, 0.3) is 0 Å². The summed E-state index contributed by atoms with van der Waals surface area (Å²) in [4.78, 5) is 4.76. The molecular weight excluding hydrogens is 288 g/mol. The quantitative estimate of drug-likeness (QED) is 0.633. The van der Waals surface area contributed by atoms with Crippen molar-refractivity contribution in [2.24, 2.45) is 5.84 Å². The molecule has 0 amide bonds. The van der Waals surface area contributed by atoms with E-state index in [1.54, 1.807) is 6.20 Å². The minimum absolute atomic E-state index is 0.00125. The van der Waals surface area contributed by atoms with Gasteiger partial charge in [0.1, 0.15) is 0 Å². The summed E-state index contributed by atoms with van der Waals surface area (Å²) in [7, 11) is 4.34. The van der Waals surface area contributed by atoms with Gasteiger partial charge >= 0.3 is 0 Å². The van der Waals surface area contributed by atoms with Crippen LogP contribution in [0.5, 0.6) is 0 Å². The summed E-state index contributed by atoms with van der Waals surface area (Å²) in [6, 6.07) is 0.716. The van der Waals surface area contributed by atoms with Gasteiger partial charge in [-0.3, -0.25) is 16.0 Å². The lowest BCUT2D eigenvalue weighted by molar-refractivity contribution is 0.1000. The molecule has 3 N–H and O–H groups in total. The number of hydrazine groups is 1. The van der Waals surface area contributed by atoms with Gasteiger partial charge < -0.3 is 9.80 Å². The zero-order chi connectivity index (χ0) is 15.6. The van der Waals surface area contributed by atoms with E-state index in [0.29, 0.717) is 11.1 Å². The van der Waals surface area contributed by atoms with Crippen molar-refractivity contribution in [3.63, 3.8) is 0 Å². The summed E-state index contributed by atoms with van der Waals surface area (Å²) >= 11 is 6.34. The molecule has 1 fully saturated rings. The molecule has 0 aliphatic carbocycles. The Morgan fingerprint density at radius 3 is 2.76 bits per heavy atom. The fraction of sp³-hybridized carbons (Fsp3) is 0.786. The molecule has 1 saturated heterocycles. The Hall–Kier alpha value is -0.660. The Bertz CT molecular complexity index is 460. The lowest BCUT2D eigenvalue weighted by Crippen LogP contribution is -2.51. The molecule has 6 nitrogen and oxygen atoms in total. The number of halogens is 1. The molecular formula is C14H27ClN6. The molecule has 2 rings (SSSR count). The van der Waals surface area contributed by atoms with Crippen LogP contribution in [0.4, 0.5) is 0 Å². The maximum Gasteiger partial charge on any atom is 0.0834 e. The summed E-state index contributed by atoms with van der Waals surface area (Å²) in [5.41, 5.74) is 3.92. The van der Waals surface area contributed by atoms with E-state index in [4.69, 9.17) is 17.4 Å².